The summed E-state index contributed by atoms with van der Waals surface area (Å²) in [5, 5.41) is 11.0. The summed E-state index contributed by atoms with van der Waals surface area (Å²) in [6, 6.07) is 13.2. The Morgan fingerprint density at radius 2 is 1.67 bits per heavy atom. The molecule has 0 heterocycles. The number of benzene rings is 2. The van der Waals surface area contributed by atoms with Crippen molar-refractivity contribution in [3.8, 4) is 0 Å². The Kier molecular flexibility index (Phi) is 5.10. The normalized spacial score (nSPS) is 11.4. The molecule has 110 valence electrons. The number of halogens is 2. The number of rotatable bonds is 4. The summed E-state index contributed by atoms with van der Waals surface area (Å²) in [6.45, 7) is 1.96. The fourth-order valence-electron chi connectivity index (χ4n) is 2.03. The van der Waals surface area contributed by atoms with Gasteiger partial charge in [0.05, 0.1) is 11.4 Å². The standard InChI is InChI=1S/C16H17Cl2N3/c1-11(15-10-13(18)6-9-16(15)19-2)20-21(3)14-7-4-12(17)5-8-14/h4-10,19H,1-3H3/b20-11+. The maximum Gasteiger partial charge on any atom is 0.0672 e. The van der Waals surface area contributed by atoms with Crippen LogP contribution in [-0.2, 0) is 0 Å². The second kappa shape index (κ2) is 6.83. The van der Waals surface area contributed by atoms with Crippen LogP contribution in [0, 0.1) is 0 Å². The van der Waals surface area contributed by atoms with Gasteiger partial charge >= 0.3 is 0 Å². The zero-order valence-electron chi connectivity index (χ0n) is 12.2. The number of nitrogens with zero attached hydrogens (tertiary/aromatic N) is 2. The highest BCUT2D eigenvalue weighted by Crippen LogP contribution is 2.22. The molecular weight excluding hydrogens is 305 g/mol. The lowest BCUT2D eigenvalue weighted by molar-refractivity contribution is 1.01. The molecule has 3 nitrogen and oxygen atoms in total. The second-order valence-corrected chi connectivity index (χ2v) is 5.50. The molecule has 0 atom stereocenters. The van der Waals surface area contributed by atoms with Gasteiger partial charge in [-0.25, -0.2) is 0 Å². The Morgan fingerprint density at radius 1 is 1.05 bits per heavy atom. The van der Waals surface area contributed by atoms with Crippen LogP contribution in [0.15, 0.2) is 47.6 Å². The van der Waals surface area contributed by atoms with Crippen LogP contribution in [0.3, 0.4) is 0 Å². The van der Waals surface area contributed by atoms with Crippen LogP contribution in [0.2, 0.25) is 10.0 Å². The van der Waals surface area contributed by atoms with Crippen LogP contribution in [0.1, 0.15) is 12.5 Å². The van der Waals surface area contributed by atoms with Crippen molar-refractivity contribution in [1.29, 1.82) is 0 Å². The fraction of sp³-hybridized carbons (Fsp3) is 0.188. The first kappa shape index (κ1) is 15.7. The van der Waals surface area contributed by atoms with Crippen LogP contribution in [0.5, 0.6) is 0 Å². The second-order valence-electron chi connectivity index (χ2n) is 4.63. The molecule has 5 heteroatoms. The molecule has 0 aliphatic heterocycles. The van der Waals surface area contributed by atoms with Gasteiger partial charge in [0.1, 0.15) is 0 Å². The van der Waals surface area contributed by atoms with Gasteiger partial charge in [-0.1, -0.05) is 23.2 Å². The first-order chi connectivity index (χ1) is 10.0. The lowest BCUT2D eigenvalue weighted by Crippen LogP contribution is -2.13. The van der Waals surface area contributed by atoms with Gasteiger partial charge < -0.3 is 5.32 Å². The van der Waals surface area contributed by atoms with E-state index in [-0.39, 0.29) is 0 Å². The molecule has 0 spiro atoms. The highest BCUT2D eigenvalue weighted by atomic mass is 35.5. The van der Waals surface area contributed by atoms with Crippen molar-refractivity contribution in [3.05, 3.63) is 58.1 Å². The Bertz CT molecular complexity index is 651. The van der Waals surface area contributed by atoms with Gasteiger partial charge in [-0.15, -0.1) is 0 Å². The molecule has 1 N–H and O–H groups in total. The summed E-state index contributed by atoms with van der Waals surface area (Å²) in [4.78, 5) is 0. The zero-order chi connectivity index (χ0) is 15.4. The molecule has 2 rings (SSSR count). The van der Waals surface area contributed by atoms with Gasteiger partial charge in [0, 0.05) is 35.4 Å². The van der Waals surface area contributed by atoms with Crippen LogP contribution < -0.4 is 10.3 Å². The predicted molar refractivity (Wildman–Crippen MR) is 93.1 cm³/mol. The maximum absolute atomic E-state index is 6.08. The van der Waals surface area contributed by atoms with E-state index in [9.17, 15) is 0 Å². The van der Waals surface area contributed by atoms with E-state index in [1.807, 2.05) is 68.5 Å². The van der Waals surface area contributed by atoms with E-state index < -0.39 is 0 Å². The SMILES string of the molecule is CNc1ccc(Cl)cc1/C(C)=N/N(C)c1ccc(Cl)cc1. The lowest BCUT2D eigenvalue weighted by Gasteiger charge is -2.16. The van der Waals surface area contributed by atoms with Gasteiger partial charge in [-0.2, -0.15) is 5.10 Å². The largest absolute Gasteiger partial charge is 0.388 e. The molecule has 0 amide bonds. The molecule has 2 aromatic rings. The zero-order valence-corrected chi connectivity index (χ0v) is 13.7. The monoisotopic (exact) mass is 321 g/mol. The van der Waals surface area contributed by atoms with E-state index in [2.05, 4.69) is 10.4 Å². The summed E-state index contributed by atoms with van der Waals surface area (Å²) in [5.74, 6) is 0. The topological polar surface area (TPSA) is 27.6 Å². The number of hydrogen-bond donors (Lipinski definition) is 1. The summed E-state index contributed by atoms with van der Waals surface area (Å²) in [5.41, 5.74) is 3.81. The average Bonchev–Trinajstić information content (AvgIpc) is 2.47. The number of hydrazone groups is 1. The molecule has 0 aromatic heterocycles. The maximum atomic E-state index is 6.08. The molecule has 0 saturated heterocycles. The Labute approximate surface area is 135 Å². The summed E-state index contributed by atoms with van der Waals surface area (Å²) in [6.07, 6.45) is 0. The minimum Gasteiger partial charge on any atom is -0.388 e. The molecule has 0 aliphatic carbocycles. The Hall–Kier alpha value is -1.71. The van der Waals surface area contributed by atoms with Crippen molar-refractivity contribution < 1.29 is 0 Å². The molecule has 0 fully saturated rings. The molecule has 0 unspecified atom stereocenters. The number of hydrogen-bond acceptors (Lipinski definition) is 3. The highest BCUT2D eigenvalue weighted by Gasteiger charge is 2.07. The van der Waals surface area contributed by atoms with Crippen molar-refractivity contribution in [3.63, 3.8) is 0 Å². The van der Waals surface area contributed by atoms with Crippen LogP contribution >= 0.6 is 23.2 Å². The summed E-state index contributed by atoms with van der Waals surface area (Å²) < 4.78 is 0. The van der Waals surface area contributed by atoms with E-state index in [1.165, 1.54) is 0 Å². The van der Waals surface area contributed by atoms with Crippen molar-refractivity contribution in [2.45, 2.75) is 6.92 Å². The van der Waals surface area contributed by atoms with Crippen LogP contribution in [-0.4, -0.2) is 19.8 Å². The van der Waals surface area contributed by atoms with Crippen molar-refractivity contribution >= 4 is 40.3 Å². The lowest BCUT2D eigenvalue weighted by atomic mass is 10.1. The Morgan fingerprint density at radius 3 is 2.29 bits per heavy atom. The summed E-state index contributed by atoms with van der Waals surface area (Å²) >= 11 is 12.0. The number of anilines is 2. The minimum atomic E-state index is 0.688. The van der Waals surface area contributed by atoms with Crippen molar-refractivity contribution in [2.24, 2.45) is 5.10 Å². The molecule has 2 aromatic carbocycles. The van der Waals surface area contributed by atoms with Gasteiger partial charge in [-0.05, 0) is 49.4 Å². The predicted octanol–water partition coefficient (Wildman–Crippen LogP) is 4.90. The van der Waals surface area contributed by atoms with Crippen molar-refractivity contribution in [2.75, 3.05) is 24.4 Å². The third kappa shape index (κ3) is 3.90. The van der Waals surface area contributed by atoms with Crippen LogP contribution in [0.4, 0.5) is 11.4 Å². The van der Waals surface area contributed by atoms with E-state index in [0.717, 1.165) is 22.6 Å². The smallest absolute Gasteiger partial charge is 0.0672 e. The van der Waals surface area contributed by atoms with Crippen LogP contribution in [0.25, 0.3) is 0 Å². The third-order valence-corrected chi connectivity index (χ3v) is 3.63. The molecule has 0 bridgehead atoms. The van der Waals surface area contributed by atoms with E-state index in [4.69, 9.17) is 23.2 Å². The third-order valence-electron chi connectivity index (χ3n) is 3.14. The molecule has 0 aliphatic rings. The van der Waals surface area contributed by atoms with Gasteiger partial charge in [0.15, 0.2) is 0 Å². The fourth-order valence-corrected chi connectivity index (χ4v) is 2.33. The quantitative estimate of drug-likeness (QED) is 0.641. The first-order valence-electron chi connectivity index (χ1n) is 6.53. The van der Waals surface area contributed by atoms with Gasteiger partial charge in [0.2, 0.25) is 0 Å². The highest BCUT2D eigenvalue weighted by molar-refractivity contribution is 6.31. The van der Waals surface area contributed by atoms with E-state index >= 15 is 0 Å². The number of nitrogens with one attached hydrogen (secondary N) is 1. The minimum absolute atomic E-state index is 0.688. The molecular formula is C16H17Cl2N3. The van der Waals surface area contributed by atoms with Gasteiger partial charge in [-0.3, -0.25) is 5.01 Å². The Balaban J connectivity index is 2.32. The average molecular weight is 322 g/mol. The summed E-state index contributed by atoms with van der Waals surface area (Å²) in [7, 11) is 3.78. The van der Waals surface area contributed by atoms with E-state index in [0.29, 0.717) is 10.0 Å². The molecule has 0 saturated carbocycles. The van der Waals surface area contributed by atoms with Gasteiger partial charge in [0.25, 0.3) is 0 Å². The molecule has 21 heavy (non-hydrogen) atoms. The van der Waals surface area contributed by atoms with Crippen molar-refractivity contribution in [1.82, 2.24) is 0 Å². The van der Waals surface area contributed by atoms with E-state index in [1.54, 1.807) is 0 Å². The molecule has 0 radical (unpaired) electrons. The first-order valence-corrected chi connectivity index (χ1v) is 7.29.